The van der Waals surface area contributed by atoms with Crippen LogP contribution >= 0.6 is 0 Å². The first-order valence-electron chi connectivity index (χ1n) is 3.70. The van der Waals surface area contributed by atoms with Crippen LogP contribution in [0.15, 0.2) is 12.1 Å². The lowest BCUT2D eigenvalue weighted by atomic mass is 10.1. The SMILES string of the molecule is Cc1c(CN)ccc([N+](=O)[O-])c1F. The quantitative estimate of drug-likeness (QED) is 0.559. The molecule has 0 fully saturated rings. The number of hydrogen-bond acceptors (Lipinski definition) is 3. The van der Waals surface area contributed by atoms with Gasteiger partial charge in [0.05, 0.1) is 4.92 Å². The number of rotatable bonds is 2. The van der Waals surface area contributed by atoms with Crippen molar-refractivity contribution in [1.82, 2.24) is 0 Å². The number of benzene rings is 1. The average Bonchev–Trinajstić information content (AvgIpc) is 2.09. The molecule has 0 aliphatic rings. The molecule has 0 spiro atoms. The Morgan fingerprint density at radius 3 is 2.69 bits per heavy atom. The van der Waals surface area contributed by atoms with Crippen molar-refractivity contribution < 1.29 is 9.31 Å². The summed E-state index contributed by atoms with van der Waals surface area (Å²) >= 11 is 0. The average molecular weight is 184 g/mol. The van der Waals surface area contributed by atoms with Crippen molar-refractivity contribution in [2.45, 2.75) is 13.5 Å². The third-order valence-electron chi connectivity index (χ3n) is 1.89. The highest BCUT2D eigenvalue weighted by Gasteiger charge is 2.17. The first-order chi connectivity index (χ1) is 6.07. The van der Waals surface area contributed by atoms with Crippen molar-refractivity contribution in [3.63, 3.8) is 0 Å². The fourth-order valence-corrected chi connectivity index (χ4v) is 1.07. The van der Waals surface area contributed by atoms with Crippen LogP contribution in [0.1, 0.15) is 11.1 Å². The van der Waals surface area contributed by atoms with Gasteiger partial charge in [0.25, 0.3) is 0 Å². The van der Waals surface area contributed by atoms with Gasteiger partial charge in [-0.15, -0.1) is 0 Å². The number of nitrogens with two attached hydrogens (primary N) is 1. The van der Waals surface area contributed by atoms with Gasteiger partial charge >= 0.3 is 5.69 Å². The number of halogens is 1. The highest BCUT2D eigenvalue weighted by Crippen LogP contribution is 2.22. The van der Waals surface area contributed by atoms with Gasteiger partial charge in [0.2, 0.25) is 5.82 Å². The zero-order valence-electron chi connectivity index (χ0n) is 7.08. The molecule has 5 heteroatoms. The molecule has 0 aromatic heterocycles. The third kappa shape index (κ3) is 1.65. The molecule has 4 nitrogen and oxygen atoms in total. The van der Waals surface area contributed by atoms with Crippen LogP contribution < -0.4 is 5.73 Å². The first-order valence-corrected chi connectivity index (χ1v) is 3.70. The molecule has 0 aliphatic carbocycles. The van der Waals surface area contributed by atoms with Gasteiger partial charge in [0.15, 0.2) is 0 Å². The van der Waals surface area contributed by atoms with Crippen LogP contribution in [0.3, 0.4) is 0 Å². The standard InChI is InChI=1S/C8H9FN2O2/c1-5-6(4-10)2-3-7(8(5)9)11(12)13/h2-3H,4,10H2,1H3. The second kappa shape index (κ2) is 3.49. The Balaban J connectivity index is 3.31. The fraction of sp³-hybridized carbons (Fsp3) is 0.250. The summed E-state index contributed by atoms with van der Waals surface area (Å²) in [6.07, 6.45) is 0. The summed E-state index contributed by atoms with van der Waals surface area (Å²) in [7, 11) is 0. The monoisotopic (exact) mass is 184 g/mol. The lowest BCUT2D eigenvalue weighted by Gasteiger charge is -2.03. The molecule has 1 rings (SSSR count). The van der Waals surface area contributed by atoms with Crippen LogP contribution in [0, 0.1) is 22.9 Å². The summed E-state index contributed by atoms with van der Waals surface area (Å²) in [6, 6.07) is 2.60. The van der Waals surface area contributed by atoms with E-state index in [-0.39, 0.29) is 12.1 Å². The molecular formula is C8H9FN2O2. The van der Waals surface area contributed by atoms with E-state index < -0.39 is 16.4 Å². The minimum Gasteiger partial charge on any atom is -0.326 e. The van der Waals surface area contributed by atoms with Crippen LogP contribution in [0.25, 0.3) is 0 Å². The van der Waals surface area contributed by atoms with E-state index in [0.29, 0.717) is 5.56 Å². The molecule has 1 aromatic rings. The zero-order chi connectivity index (χ0) is 10.0. The molecule has 1 aromatic carbocycles. The molecule has 0 bridgehead atoms. The smallest absolute Gasteiger partial charge is 0.305 e. The van der Waals surface area contributed by atoms with Gasteiger partial charge in [-0.05, 0) is 18.1 Å². The summed E-state index contributed by atoms with van der Waals surface area (Å²) in [5.41, 5.74) is 5.64. The van der Waals surface area contributed by atoms with E-state index in [1.165, 1.54) is 13.0 Å². The molecule has 2 N–H and O–H groups in total. The van der Waals surface area contributed by atoms with E-state index >= 15 is 0 Å². The maximum atomic E-state index is 13.2. The Hall–Kier alpha value is -1.49. The minimum atomic E-state index is -0.798. The molecule has 0 unspecified atom stereocenters. The predicted molar refractivity (Wildman–Crippen MR) is 45.7 cm³/mol. The summed E-state index contributed by atoms with van der Waals surface area (Å²) < 4.78 is 13.2. The molecular weight excluding hydrogens is 175 g/mol. The number of hydrogen-bond donors (Lipinski definition) is 1. The third-order valence-corrected chi connectivity index (χ3v) is 1.89. The Morgan fingerprint density at radius 1 is 1.62 bits per heavy atom. The van der Waals surface area contributed by atoms with Gasteiger partial charge in [-0.2, -0.15) is 4.39 Å². The highest BCUT2D eigenvalue weighted by atomic mass is 19.1. The molecule has 0 radical (unpaired) electrons. The Morgan fingerprint density at radius 2 is 2.23 bits per heavy atom. The second-order valence-corrected chi connectivity index (χ2v) is 2.64. The topological polar surface area (TPSA) is 69.2 Å². The number of nitro groups is 1. The molecule has 13 heavy (non-hydrogen) atoms. The molecule has 0 aliphatic heterocycles. The van der Waals surface area contributed by atoms with E-state index in [0.717, 1.165) is 6.07 Å². The number of nitro benzene ring substituents is 1. The maximum absolute atomic E-state index is 13.2. The van der Waals surface area contributed by atoms with Gasteiger partial charge in [-0.3, -0.25) is 10.1 Å². The van der Waals surface area contributed by atoms with Crippen LogP contribution in [-0.2, 0) is 6.54 Å². The lowest BCUT2D eigenvalue weighted by Crippen LogP contribution is -2.03. The summed E-state index contributed by atoms with van der Waals surface area (Å²) in [5.74, 6) is -0.798. The van der Waals surface area contributed by atoms with Crippen molar-refractivity contribution >= 4 is 5.69 Å². The van der Waals surface area contributed by atoms with Gasteiger partial charge in [0, 0.05) is 12.6 Å². The number of nitrogens with zero attached hydrogens (tertiary/aromatic N) is 1. The van der Waals surface area contributed by atoms with E-state index in [4.69, 9.17) is 5.73 Å². The molecule has 0 heterocycles. The minimum absolute atomic E-state index is 0.181. The molecule has 0 saturated heterocycles. The van der Waals surface area contributed by atoms with Crippen molar-refractivity contribution in [2.24, 2.45) is 5.73 Å². The predicted octanol–water partition coefficient (Wildman–Crippen LogP) is 1.50. The summed E-state index contributed by atoms with van der Waals surface area (Å²) in [4.78, 5) is 9.56. The summed E-state index contributed by atoms with van der Waals surface area (Å²) in [5, 5.41) is 10.3. The second-order valence-electron chi connectivity index (χ2n) is 2.64. The Bertz CT molecular complexity index is 352. The van der Waals surface area contributed by atoms with E-state index in [2.05, 4.69) is 0 Å². The fourth-order valence-electron chi connectivity index (χ4n) is 1.07. The van der Waals surface area contributed by atoms with Gasteiger partial charge in [-0.25, -0.2) is 0 Å². The first kappa shape index (κ1) is 9.60. The van der Waals surface area contributed by atoms with Crippen LogP contribution in [0.4, 0.5) is 10.1 Å². The molecule has 70 valence electrons. The van der Waals surface area contributed by atoms with Crippen LogP contribution in [-0.4, -0.2) is 4.92 Å². The van der Waals surface area contributed by atoms with Gasteiger partial charge in [-0.1, -0.05) is 6.07 Å². The van der Waals surface area contributed by atoms with Crippen molar-refractivity contribution in [3.8, 4) is 0 Å². The largest absolute Gasteiger partial charge is 0.326 e. The van der Waals surface area contributed by atoms with Gasteiger partial charge < -0.3 is 5.73 Å². The summed E-state index contributed by atoms with van der Waals surface area (Å²) in [6.45, 7) is 1.66. The molecule has 0 atom stereocenters. The van der Waals surface area contributed by atoms with Crippen molar-refractivity contribution in [2.75, 3.05) is 0 Å². The van der Waals surface area contributed by atoms with E-state index in [9.17, 15) is 14.5 Å². The molecule has 0 saturated carbocycles. The van der Waals surface area contributed by atoms with E-state index in [1.807, 2.05) is 0 Å². The van der Waals surface area contributed by atoms with Crippen LogP contribution in [0.2, 0.25) is 0 Å². The Kier molecular flexibility index (Phi) is 2.57. The maximum Gasteiger partial charge on any atom is 0.305 e. The lowest BCUT2D eigenvalue weighted by molar-refractivity contribution is -0.387. The van der Waals surface area contributed by atoms with Crippen molar-refractivity contribution in [3.05, 3.63) is 39.2 Å². The normalized spacial score (nSPS) is 10.1. The van der Waals surface area contributed by atoms with E-state index in [1.54, 1.807) is 0 Å². The molecule has 0 amide bonds. The highest BCUT2D eigenvalue weighted by molar-refractivity contribution is 5.41. The van der Waals surface area contributed by atoms with Crippen molar-refractivity contribution in [1.29, 1.82) is 0 Å². The van der Waals surface area contributed by atoms with Gasteiger partial charge in [0.1, 0.15) is 0 Å². The Labute approximate surface area is 74.3 Å². The van der Waals surface area contributed by atoms with Crippen LogP contribution in [0.5, 0.6) is 0 Å². The zero-order valence-corrected chi connectivity index (χ0v) is 7.08.